The molecule has 2 fully saturated rings. The second kappa shape index (κ2) is 8.10. The normalized spacial score (nSPS) is 20.8. The first-order valence-electron chi connectivity index (χ1n) is 9.44. The van der Waals surface area contributed by atoms with Gasteiger partial charge in [0, 0.05) is 26.2 Å². The Morgan fingerprint density at radius 2 is 1.59 bits per heavy atom. The van der Waals surface area contributed by atoms with E-state index in [1.54, 1.807) is 9.80 Å². The van der Waals surface area contributed by atoms with Gasteiger partial charge in [-0.15, -0.1) is 0 Å². The number of benzene rings is 2. The van der Waals surface area contributed by atoms with Crippen LogP contribution in [0.4, 0.5) is 9.18 Å². The summed E-state index contributed by atoms with van der Waals surface area (Å²) in [6, 6.07) is 13.6. The van der Waals surface area contributed by atoms with Crippen molar-refractivity contribution >= 4 is 16.1 Å². The van der Waals surface area contributed by atoms with Crippen LogP contribution in [-0.2, 0) is 14.8 Å². The number of urea groups is 1. The van der Waals surface area contributed by atoms with Crippen LogP contribution in [0.1, 0.15) is 11.7 Å². The molecule has 2 aliphatic heterocycles. The topological polar surface area (TPSA) is 70.2 Å². The van der Waals surface area contributed by atoms with E-state index in [1.807, 2.05) is 30.3 Å². The number of hydrogen-bond donors (Lipinski definition) is 0. The van der Waals surface area contributed by atoms with Gasteiger partial charge in [0.2, 0.25) is 10.0 Å². The van der Waals surface area contributed by atoms with Crippen LogP contribution in [-0.4, -0.2) is 67.9 Å². The molecule has 2 amide bonds. The van der Waals surface area contributed by atoms with Crippen LogP contribution in [0, 0.1) is 5.82 Å². The van der Waals surface area contributed by atoms with E-state index in [2.05, 4.69) is 0 Å². The van der Waals surface area contributed by atoms with Crippen molar-refractivity contribution in [2.75, 3.05) is 39.4 Å². The zero-order chi connectivity index (χ0) is 20.4. The minimum absolute atomic E-state index is 0.000465. The Morgan fingerprint density at radius 1 is 0.931 bits per heavy atom. The molecule has 0 bridgehead atoms. The Labute approximate surface area is 169 Å². The van der Waals surface area contributed by atoms with Gasteiger partial charge < -0.3 is 14.5 Å². The Morgan fingerprint density at radius 3 is 2.24 bits per heavy atom. The monoisotopic (exact) mass is 419 g/mol. The second-order valence-electron chi connectivity index (χ2n) is 6.93. The number of hydrogen-bond acceptors (Lipinski definition) is 4. The van der Waals surface area contributed by atoms with Gasteiger partial charge in [0.15, 0.2) is 0 Å². The molecule has 0 aliphatic carbocycles. The fourth-order valence-electron chi connectivity index (χ4n) is 3.71. The van der Waals surface area contributed by atoms with Gasteiger partial charge in [-0.2, -0.15) is 4.31 Å². The number of ether oxygens (including phenoxy) is 1. The summed E-state index contributed by atoms with van der Waals surface area (Å²) >= 11 is 0. The summed E-state index contributed by atoms with van der Waals surface area (Å²) in [5.74, 6) is -0.505. The summed E-state index contributed by atoms with van der Waals surface area (Å²) in [5, 5.41) is 0. The maximum atomic E-state index is 13.3. The molecule has 1 atom stereocenters. The molecule has 0 N–H and O–H groups in total. The van der Waals surface area contributed by atoms with Gasteiger partial charge >= 0.3 is 6.03 Å². The molecule has 9 heteroatoms. The van der Waals surface area contributed by atoms with Gasteiger partial charge in [-0.1, -0.05) is 30.3 Å². The highest BCUT2D eigenvalue weighted by molar-refractivity contribution is 7.89. The van der Waals surface area contributed by atoms with Crippen LogP contribution < -0.4 is 0 Å². The third-order valence-corrected chi connectivity index (χ3v) is 7.04. The van der Waals surface area contributed by atoms with Crippen molar-refractivity contribution < 1.29 is 22.3 Å². The maximum Gasteiger partial charge on any atom is 0.321 e. The van der Waals surface area contributed by atoms with Crippen LogP contribution in [0.5, 0.6) is 0 Å². The predicted molar refractivity (Wildman–Crippen MR) is 104 cm³/mol. The number of morpholine rings is 1. The van der Waals surface area contributed by atoms with Crippen molar-refractivity contribution in [2.24, 2.45) is 0 Å². The van der Waals surface area contributed by atoms with Gasteiger partial charge in [0.1, 0.15) is 12.0 Å². The van der Waals surface area contributed by atoms with E-state index in [-0.39, 0.29) is 24.0 Å². The van der Waals surface area contributed by atoms with Crippen molar-refractivity contribution in [3.63, 3.8) is 0 Å². The van der Waals surface area contributed by atoms with E-state index < -0.39 is 22.0 Å². The van der Waals surface area contributed by atoms with E-state index in [0.29, 0.717) is 31.9 Å². The minimum Gasteiger partial charge on any atom is -0.378 e. The first-order chi connectivity index (χ1) is 14.0. The molecule has 2 saturated heterocycles. The number of sulfonamides is 1. The van der Waals surface area contributed by atoms with E-state index in [1.165, 1.54) is 16.4 Å². The lowest BCUT2D eigenvalue weighted by molar-refractivity contribution is 0.0400. The predicted octanol–water partition coefficient (Wildman–Crippen LogP) is 2.28. The van der Waals surface area contributed by atoms with Crippen molar-refractivity contribution in [3.05, 3.63) is 66.0 Å². The van der Waals surface area contributed by atoms with E-state index in [0.717, 1.165) is 12.1 Å². The summed E-state index contributed by atoms with van der Waals surface area (Å²) < 4.78 is 46.5. The minimum atomic E-state index is -3.92. The molecule has 2 aliphatic rings. The first-order valence-corrected chi connectivity index (χ1v) is 10.9. The number of amides is 2. The lowest BCUT2D eigenvalue weighted by atomic mass is 10.1. The molecule has 7 nitrogen and oxygen atoms in total. The maximum absolute atomic E-state index is 13.3. The van der Waals surface area contributed by atoms with E-state index in [9.17, 15) is 17.6 Å². The molecule has 0 unspecified atom stereocenters. The van der Waals surface area contributed by atoms with Crippen LogP contribution in [0.25, 0.3) is 0 Å². The van der Waals surface area contributed by atoms with Crippen molar-refractivity contribution in [1.29, 1.82) is 0 Å². The Hall–Kier alpha value is -2.49. The van der Waals surface area contributed by atoms with E-state index in [4.69, 9.17) is 4.74 Å². The molecule has 0 spiro atoms. The van der Waals surface area contributed by atoms with E-state index >= 15 is 0 Å². The van der Waals surface area contributed by atoms with Gasteiger partial charge in [-0.25, -0.2) is 17.6 Å². The SMILES string of the molecule is O=C(N1CCOCC1)N1CCN(S(=O)(=O)c2ccc(F)cc2)[C@H]1c1ccccc1. The molecule has 154 valence electrons. The summed E-state index contributed by atoms with van der Waals surface area (Å²) in [6.45, 7) is 2.31. The Bertz CT molecular complexity index is 963. The quantitative estimate of drug-likeness (QED) is 0.766. The highest BCUT2D eigenvalue weighted by atomic mass is 32.2. The number of rotatable bonds is 3. The molecular weight excluding hydrogens is 397 g/mol. The van der Waals surface area contributed by atoms with Crippen LogP contribution in [0.2, 0.25) is 0 Å². The molecule has 2 aromatic carbocycles. The van der Waals surface area contributed by atoms with Gasteiger partial charge in [0.25, 0.3) is 0 Å². The molecule has 2 aromatic rings. The van der Waals surface area contributed by atoms with Crippen LogP contribution in [0.3, 0.4) is 0 Å². The summed E-state index contributed by atoms with van der Waals surface area (Å²) in [7, 11) is -3.92. The highest BCUT2D eigenvalue weighted by Crippen LogP contribution is 2.35. The molecule has 0 saturated carbocycles. The molecule has 29 heavy (non-hydrogen) atoms. The zero-order valence-electron chi connectivity index (χ0n) is 15.8. The zero-order valence-corrected chi connectivity index (χ0v) is 16.6. The summed E-state index contributed by atoms with van der Waals surface area (Å²) in [6.07, 6.45) is -0.762. The summed E-state index contributed by atoms with van der Waals surface area (Å²) in [4.78, 5) is 16.4. The number of nitrogens with zero attached hydrogens (tertiary/aromatic N) is 3. The smallest absolute Gasteiger partial charge is 0.321 e. The van der Waals surface area contributed by atoms with Crippen molar-refractivity contribution in [2.45, 2.75) is 11.1 Å². The Kier molecular flexibility index (Phi) is 5.53. The second-order valence-corrected chi connectivity index (χ2v) is 8.82. The van der Waals surface area contributed by atoms with Crippen molar-refractivity contribution in [1.82, 2.24) is 14.1 Å². The number of halogens is 1. The fraction of sp³-hybridized carbons (Fsp3) is 0.350. The number of carbonyl (C=O) groups excluding carboxylic acids is 1. The molecule has 4 rings (SSSR count). The molecule has 0 aromatic heterocycles. The lowest BCUT2D eigenvalue weighted by Crippen LogP contribution is -2.49. The molecular formula is C20H22FN3O4S. The highest BCUT2D eigenvalue weighted by Gasteiger charge is 2.44. The number of carbonyl (C=O) groups is 1. The standard InChI is InChI=1S/C20H22FN3O4S/c21-17-6-8-18(9-7-17)29(26,27)24-11-10-23(19(24)16-4-2-1-3-5-16)20(25)22-12-14-28-15-13-22/h1-9,19H,10-15H2/t19-/m0/s1. The lowest BCUT2D eigenvalue weighted by Gasteiger charge is -2.35. The third kappa shape index (κ3) is 3.85. The van der Waals surface area contributed by atoms with Gasteiger partial charge in [-0.05, 0) is 29.8 Å². The average Bonchev–Trinajstić information content (AvgIpc) is 3.21. The van der Waals surface area contributed by atoms with Crippen molar-refractivity contribution in [3.8, 4) is 0 Å². The first kappa shape index (κ1) is 19.8. The van der Waals surface area contributed by atoms with Crippen LogP contribution in [0.15, 0.2) is 59.5 Å². The largest absolute Gasteiger partial charge is 0.378 e. The average molecular weight is 419 g/mol. The fourth-order valence-corrected chi connectivity index (χ4v) is 5.28. The Balaban J connectivity index is 1.70. The van der Waals surface area contributed by atoms with Crippen LogP contribution >= 0.6 is 0 Å². The van der Waals surface area contributed by atoms with Gasteiger partial charge in [-0.3, -0.25) is 0 Å². The molecule has 2 heterocycles. The molecule has 0 radical (unpaired) electrons. The van der Waals surface area contributed by atoms with Gasteiger partial charge in [0.05, 0.1) is 18.1 Å². The summed E-state index contributed by atoms with van der Waals surface area (Å²) in [5.41, 5.74) is 0.706. The third-order valence-electron chi connectivity index (χ3n) is 5.17.